The van der Waals surface area contributed by atoms with Gasteiger partial charge in [0.1, 0.15) is 11.9 Å². The zero-order chi connectivity index (χ0) is 17.8. The van der Waals surface area contributed by atoms with Gasteiger partial charge in [0.2, 0.25) is 5.95 Å². The molecule has 3 rings (SSSR count). The maximum Gasteiger partial charge on any atom is 0.229 e. The topological polar surface area (TPSA) is 73.6 Å². The van der Waals surface area contributed by atoms with Crippen molar-refractivity contribution < 1.29 is 0 Å². The maximum atomic E-state index is 9.19. The highest BCUT2D eigenvalue weighted by atomic mass is 35.5. The number of hydrogen-bond donors (Lipinski definition) is 2. The molecule has 25 heavy (non-hydrogen) atoms. The van der Waals surface area contributed by atoms with E-state index in [2.05, 4.69) is 26.7 Å². The fourth-order valence-electron chi connectivity index (χ4n) is 2.22. The molecule has 1 heterocycles. The van der Waals surface area contributed by atoms with E-state index < -0.39 is 0 Å². The number of rotatable bonds is 4. The Morgan fingerprint density at radius 1 is 0.960 bits per heavy atom. The number of benzene rings is 2. The Kier molecular flexibility index (Phi) is 5.03. The van der Waals surface area contributed by atoms with Gasteiger partial charge in [0.05, 0.1) is 21.3 Å². The Morgan fingerprint density at radius 3 is 2.52 bits per heavy atom. The standard InChI is InChI=1S/C18H13Cl2N5/c1-11-8-17(24-16-5-3-2-4-12(16)10-21)25-18(22-11)23-13-6-7-14(19)15(20)9-13/h2-9H,1H3,(H2,22,23,24,25). The molecule has 0 unspecified atom stereocenters. The first-order valence-corrected chi connectivity index (χ1v) is 8.14. The van der Waals surface area contributed by atoms with Crippen molar-refractivity contribution in [2.24, 2.45) is 0 Å². The third-order valence-corrected chi connectivity index (χ3v) is 4.08. The molecule has 7 heteroatoms. The van der Waals surface area contributed by atoms with Gasteiger partial charge < -0.3 is 10.6 Å². The summed E-state index contributed by atoms with van der Waals surface area (Å²) in [7, 11) is 0. The highest BCUT2D eigenvalue weighted by Crippen LogP contribution is 2.27. The second-order valence-corrected chi connectivity index (χ2v) is 6.07. The Hall–Kier alpha value is -2.81. The van der Waals surface area contributed by atoms with E-state index >= 15 is 0 Å². The van der Waals surface area contributed by atoms with Crippen LogP contribution in [0.2, 0.25) is 10.0 Å². The van der Waals surface area contributed by atoms with E-state index in [0.717, 1.165) is 11.4 Å². The van der Waals surface area contributed by atoms with Crippen LogP contribution < -0.4 is 10.6 Å². The van der Waals surface area contributed by atoms with Crippen LogP contribution in [0.4, 0.5) is 23.1 Å². The van der Waals surface area contributed by atoms with Crippen molar-refractivity contribution in [1.82, 2.24) is 9.97 Å². The fraction of sp³-hybridized carbons (Fsp3) is 0.0556. The van der Waals surface area contributed by atoms with Crippen LogP contribution in [0.5, 0.6) is 0 Å². The van der Waals surface area contributed by atoms with E-state index in [1.165, 1.54) is 0 Å². The van der Waals surface area contributed by atoms with E-state index in [4.69, 9.17) is 23.2 Å². The molecule has 0 aliphatic rings. The molecule has 0 saturated carbocycles. The van der Waals surface area contributed by atoms with Crippen LogP contribution in [0, 0.1) is 18.3 Å². The average Bonchev–Trinajstić information content (AvgIpc) is 2.58. The summed E-state index contributed by atoms with van der Waals surface area (Å²) in [5, 5.41) is 16.4. The van der Waals surface area contributed by atoms with Crippen LogP contribution in [-0.4, -0.2) is 9.97 Å². The molecule has 1 aromatic heterocycles. The summed E-state index contributed by atoms with van der Waals surface area (Å²) >= 11 is 12.0. The van der Waals surface area contributed by atoms with Crippen molar-refractivity contribution in [3.8, 4) is 6.07 Å². The highest BCUT2D eigenvalue weighted by Gasteiger charge is 2.07. The monoisotopic (exact) mass is 369 g/mol. The van der Waals surface area contributed by atoms with Gasteiger partial charge in [-0.15, -0.1) is 0 Å². The van der Waals surface area contributed by atoms with Crippen molar-refractivity contribution in [3.63, 3.8) is 0 Å². The lowest BCUT2D eigenvalue weighted by Gasteiger charge is -2.11. The van der Waals surface area contributed by atoms with Crippen molar-refractivity contribution in [2.45, 2.75) is 6.92 Å². The van der Waals surface area contributed by atoms with Gasteiger partial charge in [-0.25, -0.2) is 4.98 Å². The molecular weight excluding hydrogens is 357 g/mol. The molecule has 0 atom stereocenters. The number of halogens is 2. The number of nitrogens with zero attached hydrogens (tertiary/aromatic N) is 3. The molecule has 0 radical (unpaired) electrons. The third kappa shape index (κ3) is 4.18. The van der Waals surface area contributed by atoms with Crippen molar-refractivity contribution in [1.29, 1.82) is 5.26 Å². The van der Waals surface area contributed by atoms with E-state index in [-0.39, 0.29) is 0 Å². The molecule has 5 nitrogen and oxygen atoms in total. The number of aryl methyl sites for hydroxylation is 1. The first-order chi connectivity index (χ1) is 12.0. The normalized spacial score (nSPS) is 10.2. The Balaban J connectivity index is 1.88. The minimum Gasteiger partial charge on any atom is -0.339 e. The lowest BCUT2D eigenvalue weighted by Crippen LogP contribution is -2.03. The van der Waals surface area contributed by atoms with E-state index in [1.54, 1.807) is 30.3 Å². The van der Waals surface area contributed by atoms with E-state index in [9.17, 15) is 5.26 Å². The molecule has 0 aliphatic heterocycles. The molecule has 0 bridgehead atoms. The quantitative estimate of drug-likeness (QED) is 0.639. The van der Waals surface area contributed by atoms with Crippen LogP contribution in [0.3, 0.4) is 0 Å². The summed E-state index contributed by atoms with van der Waals surface area (Å²) in [5.74, 6) is 0.994. The van der Waals surface area contributed by atoms with Crippen molar-refractivity contribution in [2.75, 3.05) is 10.6 Å². The van der Waals surface area contributed by atoms with E-state index in [1.807, 2.05) is 25.1 Å². The molecule has 124 valence electrons. The number of nitriles is 1. The van der Waals surface area contributed by atoms with Gasteiger partial charge in [-0.2, -0.15) is 10.2 Å². The average molecular weight is 370 g/mol. The lowest BCUT2D eigenvalue weighted by molar-refractivity contribution is 1.11. The van der Waals surface area contributed by atoms with Gasteiger partial charge in [-0.1, -0.05) is 35.3 Å². The van der Waals surface area contributed by atoms with Crippen molar-refractivity contribution >= 4 is 46.3 Å². The van der Waals surface area contributed by atoms with Gasteiger partial charge in [0, 0.05) is 17.4 Å². The number of para-hydroxylation sites is 1. The largest absolute Gasteiger partial charge is 0.339 e. The molecule has 2 N–H and O–H groups in total. The van der Waals surface area contributed by atoms with Crippen LogP contribution in [-0.2, 0) is 0 Å². The van der Waals surface area contributed by atoms with Gasteiger partial charge in [0.25, 0.3) is 0 Å². The number of nitrogens with one attached hydrogen (secondary N) is 2. The van der Waals surface area contributed by atoms with Gasteiger partial charge in [0.15, 0.2) is 0 Å². The van der Waals surface area contributed by atoms with Crippen molar-refractivity contribution in [3.05, 3.63) is 69.8 Å². The summed E-state index contributed by atoms with van der Waals surface area (Å²) < 4.78 is 0. The van der Waals surface area contributed by atoms with Crippen LogP contribution in [0.1, 0.15) is 11.3 Å². The first-order valence-electron chi connectivity index (χ1n) is 7.39. The first kappa shape index (κ1) is 17.0. The van der Waals surface area contributed by atoms with Gasteiger partial charge in [-0.05, 0) is 37.3 Å². The molecule has 0 amide bonds. The predicted octanol–water partition coefficient (Wildman–Crippen LogP) is 5.45. The zero-order valence-electron chi connectivity index (χ0n) is 13.2. The smallest absolute Gasteiger partial charge is 0.229 e. The molecule has 0 fully saturated rings. The predicted molar refractivity (Wildman–Crippen MR) is 101 cm³/mol. The summed E-state index contributed by atoms with van der Waals surface area (Å²) in [6.07, 6.45) is 0. The summed E-state index contributed by atoms with van der Waals surface area (Å²) in [6.45, 7) is 1.86. The van der Waals surface area contributed by atoms with Crippen LogP contribution in [0.25, 0.3) is 0 Å². The second-order valence-electron chi connectivity index (χ2n) is 5.25. The number of aromatic nitrogens is 2. The number of hydrogen-bond acceptors (Lipinski definition) is 5. The Bertz CT molecular complexity index is 966. The molecular formula is C18H13Cl2N5. The minimum absolute atomic E-state index is 0.412. The molecule has 0 aliphatic carbocycles. The zero-order valence-corrected chi connectivity index (χ0v) is 14.7. The van der Waals surface area contributed by atoms with Crippen LogP contribution in [0.15, 0.2) is 48.5 Å². The number of anilines is 4. The fourth-order valence-corrected chi connectivity index (χ4v) is 2.52. The SMILES string of the molecule is Cc1cc(Nc2ccccc2C#N)nc(Nc2ccc(Cl)c(Cl)c2)n1. The maximum absolute atomic E-state index is 9.19. The lowest BCUT2D eigenvalue weighted by atomic mass is 10.2. The summed E-state index contributed by atoms with van der Waals surface area (Å²) in [4.78, 5) is 8.79. The molecule has 0 saturated heterocycles. The highest BCUT2D eigenvalue weighted by molar-refractivity contribution is 6.42. The van der Waals surface area contributed by atoms with Crippen LogP contribution >= 0.6 is 23.2 Å². The Morgan fingerprint density at radius 2 is 1.76 bits per heavy atom. The molecule has 3 aromatic rings. The summed E-state index contributed by atoms with van der Waals surface area (Å²) in [5.41, 5.74) is 2.72. The molecule has 0 spiro atoms. The second kappa shape index (κ2) is 7.39. The molecule has 2 aromatic carbocycles. The van der Waals surface area contributed by atoms with E-state index in [0.29, 0.717) is 33.1 Å². The summed E-state index contributed by atoms with van der Waals surface area (Å²) in [6, 6.07) is 16.4. The van der Waals surface area contributed by atoms with Gasteiger partial charge >= 0.3 is 0 Å². The minimum atomic E-state index is 0.412. The third-order valence-electron chi connectivity index (χ3n) is 3.34. The Labute approximate surface area is 155 Å². The van der Waals surface area contributed by atoms with Gasteiger partial charge in [-0.3, -0.25) is 0 Å².